The zero-order valence-corrected chi connectivity index (χ0v) is 22.4. The van der Waals surface area contributed by atoms with Gasteiger partial charge in [0, 0.05) is 33.0 Å². The molecule has 10 nitrogen and oxygen atoms in total. The average Bonchev–Trinajstić information content (AvgIpc) is 3.53. The third-order valence-corrected chi connectivity index (χ3v) is 8.57. The Morgan fingerprint density at radius 1 is 1.11 bits per heavy atom. The Kier molecular flexibility index (Phi) is 6.82. The van der Waals surface area contributed by atoms with E-state index < -0.39 is 14.1 Å². The first-order valence-electron chi connectivity index (χ1n) is 12.6. The van der Waals surface area contributed by atoms with Gasteiger partial charge in [-0.15, -0.1) is 0 Å². The van der Waals surface area contributed by atoms with Crippen LogP contribution in [0.3, 0.4) is 0 Å². The standard InChI is InChI=1S/C26H32N6O4Si/c1-37(2,3)13-12-36-16-31-11-10-21-23(31)27-15-22(29-21)30-26(35)28-17-8-9-18(14-17)32-24(33)19-6-4-5-7-20(19)25(32)34/h4-7,10-11,15,17-18H,8-9,12-14,16H2,1-3H3,(H2,28,29,30,35)/t17-,18-/m1/s1. The van der Waals surface area contributed by atoms with Gasteiger partial charge in [-0.3, -0.25) is 19.8 Å². The highest BCUT2D eigenvalue weighted by Gasteiger charge is 2.42. The minimum Gasteiger partial charge on any atom is -0.361 e. The zero-order chi connectivity index (χ0) is 26.2. The topological polar surface area (TPSA) is 118 Å². The first-order valence-corrected chi connectivity index (χ1v) is 16.3. The number of nitrogens with one attached hydrogen (secondary N) is 2. The fourth-order valence-corrected chi connectivity index (χ4v) is 5.62. The first kappa shape index (κ1) is 25.1. The van der Waals surface area contributed by atoms with Crippen molar-refractivity contribution in [3.8, 4) is 0 Å². The van der Waals surface area contributed by atoms with Gasteiger partial charge in [0.25, 0.3) is 11.8 Å². The molecule has 0 bridgehead atoms. The molecule has 0 saturated heterocycles. The summed E-state index contributed by atoms with van der Waals surface area (Å²) in [4.78, 5) is 48.5. The van der Waals surface area contributed by atoms with Crippen molar-refractivity contribution in [2.45, 2.75) is 63.8 Å². The average molecular weight is 521 g/mol. The Morgan fingerprint density at radius 2 is 1.84 bits per heavy atom. The number of nitrogens with zero attached hydrogens (tertiary/aromatic N) is 4. The largest absolute Gasteiger partial charge is 0.361 e. The second kappa shape index (κ2) is 10.1. The Bertz CT molecular complexity index is 1320. The third kappa shape index (κ3) is 5.42. The minimum atomic E-state index is -1.14. The number of urea groups is 1. The van der Waals surface area contributed by atoms with Gasteiger partial charge in [-0.1, -0.05) is 31.8 Å². The van der Waals surface area contributed by atoms with Crippen LogP contribution in [-0.4, -0.2) is 64.0 Å². The number of fused-ring (bicyclic) bond motifs is 2. The lowest BCUT2D eigenvalue weighted by Crippen LogP contribution is -2.41. The smallest absolute Gasteiger partial charge is 0.320 e. The van der Waals surface area contributed by atoms with E-state index in [-0.39, 0.29) is 23.9 Å². The number of rotatable bonds is 8. The molecule has 3 heterocycles. The Labute approximate surface area is 216 Å². The summed E-state index contributed by atoms with van der Waals surface area (Å²) < 4.78 is 7.71. The van der Waals surface area contributed by atoms with Gasteiger partial charge in [0.05, 0.1) is 17.3 Å². The molecule has 1 fully saturated rings. The van der Waals surface area contributed by atoms with Gasteiger partial charge in [-0.25, -0.2) is 14.8 Å². The molecule has 2 aliphatic rings. The maximum atomic E-state index is 12.8. The molecule has 5 rings (SSSR count). The quantitative estimate of drug-likeness (QED) is 0.262. The van der Waals surface area contributed by atoms with Crippen molar-refractivity contribution in [3.63, 3.8) is 0 Å². The molecule has 3 aromatic rings. The molecule has 4 amide bonds. The van der Waals surface area contributed by atoms with Crippen molar-refractivity contribution in [3.05, 3.63) is 53.9 Å². The predicted octanol–water partition coefficient (Wildman–Crippen LogP) is 4.08. The van der Waals surface area contributed by atoms with Crippen molar-refractivity contribution in [2.24, 2.45) is 0 Å². The number of carbonyl (C=O) groups is 3. The summed E-state index contributed by atoms with van der Waals surface area (Å²) in [5, 5.41) is 5.69. The molecule has 2 aromatic heterocycles. The Morgan fingerprint density at radius 3 is 2.54 bits per heavy atom. The molecular weight excluding hydrogens is 488 g/mol. The van der Waals surface area contributed by atoms with E-state index in [1.165, 1.54) is 11.1 Å². The number of benzene rings is 1. The third-order valence-electron chi connectivity index (χ3n) is 6.86. The molecule has 2 N–H and O–H groups in total. The maximum absolute atomic E-state index is 12.8. The van der Waals surface area contributed by atoms with Crippen LogP contribution in [0.5, 0.6) is 0 Å². The lowest BCUT2D eigenvalue weighted by Gasteiger charge is -2.22. The maximum Gasteiger partial charge on any atom is 0.320 e. The number of imide groups is 1. The lowest BCUT2D eigenvalue weighted by atomic mass is 10.1. The van der Waals surface area contributed by atoms with E-state index in [2.05, 4.69) is 40.2 Å². The highest BCUT2D eigenvalue weighted by Crippen LogP contribution is 2.32. The fraction of sp³-hybridized carbons (Fsp3) is 0.423. The van der Waals surface area contributed by atoms with Gasteiger partial charge in [-0.2, -0.15) is 0 Å². The van der Waals surface area contributed by atoms with E-state index in [9.17, 15) is 14.4 Å². The molecule has 1 saturated carbocycles. The van der Waals surface area contributed by atoms with Crippen LogP contribution in [0.25, 0.3) is 11.2 Å². The monoisotopic (exact) mass is 520 g/mol. The van der Waals surface area contributed by atoms with Crippen molar-refractivity contribution < 1.29 is 19.1 Å². The summed E-state index contributed by atoms with van der Waals surface area (Å²) in [6.45, 7) is 8.08. The van der Waals surface area contributed by atoms with Crippen LogP contribution in [0.1, 0.15) is 40.0 Å². The highest BCUT2D eigenvalue weighted by atomic mass is 28.3. The Hall–Kier alpha value is -3.57. The van der Waals surface area contributed by atoms with E-state index in [0.717, 1.165) is 12.7 Å². The van der Waals surface area contributed by atoms with Gasteiger partial charge < -0.3 is 14.6 Å². The first-order chi connectivity index (χ1) is 17.7. The van der Waals surface area contributed by atoms with Crippen molar-refractivity contribution >= 4 is 42.9 Å². The lowest BCUT2D eigenvalue weighted by molar-refractivity contribution is 0.0586. The van der Waals surface area contributed by atoms with E-state index in [4.69, 9.17) is 4.74 Å². The molecule has 1 aliphatic heterocycles. The summed E-state index contributed by atoms with van der Waals surface area (Å²) in [5.74, 6) is -0.169. The van der Waals surface area contributed by atoms with Crippen molar-refractivity contribution in [1.82, 2.24) is 24.8 Å². The summed E-state index contributed by atoms with van der Waals surface area (Å²) in [7, 11) is -1.14. The molecule has 0 spiro atoms. The van der Waals surface area contributed by atoms with Crippen molar-refractivity contribution in [2.75, 3.05) is 11.9 Å². The Balaban J connectivity index is 1.14. The molecule has 0 radical (unpaired) electrons. The van der Waals surface area contributed by atoms with Crippen LogP contribution >= 0.6 is 0 Å². The number of ether oxygens (including phenoxy) is 1. The number of aromatic nitrogens is 3. The number of anilines is 1. The van der Waals surface area contributed by atoms with E-state index in [0.29, 0.717) is 54.1 Å². The molecular formula is C26H32N6O4Si. The SMILES string of the molecule is C[Si](C)(C)CCOCn1ccc2nc(NC(=O)N[C@@H]3CC[C@@H](N4C(=O)c5ccccc5C4=O)C3)cnc21. The van der Waals surface area contributed by atoms with Gasteiger partial charge in [0.1, 0.15) is 12.2 Å². The predicted molar refractivity (Wildman–Crippen MR) is 142 cm³/mol. The second-order valence-electron chi connectivity index (χ2n) is 10.9. The van der Waals surface area contributed by atoms with E-state index in [1.807, 2.05) is 16.8 Å². The van der Waals surface area contributed by atoms with Gasteiger partial charge in [-0.05, 0) is 43.5 Å². The molecule has 0 unspecified atom stereocenters. The molecule has 1 aromatic carbocycles. The minimum absolute atomic E-state index is 0.152. The fourth-order valence-electron chi connectivity index (χ4n) is 4.87. The van der Waals surface area contributed by atoms with Gasteiger partial charge in [0.15, 0.2) is 11.5 Å². The van der Waals surface area contributed by atoms with E-state index in [1.54, 1.807) is 24.3 Å². The normalized spacial score (nSPS) is 19.5. The number of hydrogen-bond acceptors (Lipinski definition) is 6. The van der Waals surface area contributed by atoms with Crippen LogP contribution < -0.4 is 10.6 Å². The van der Waals surface area contributed by atoms with E-state index >= 15 is 0 Å². The van der Waals surface area contributed by atoms with Gasteiger partial charge in [0.2, 0.25) is 0 Å². The van der Waals surface area contributed by atoms with Crippen LogP contribution in [0, 0.1) is 0 Å². The zero-order valence-electron chi connectivity index (χ0n) is 21.4. The summed E-state index contributed by atoms with van der Waals surface area (Å²) in [6.07, 6.45) is 5.24. The molecule has 1 aliphatic carbocycles. The number of carbonyl (C=O) groups excluding carboxylic acids is 3. The van der Waals surface area contributed by atoms with Crippen LogP contribution in [0.4, 0.5) is 10.6 Å². The van der Waals surface area contributed by atoms with Crippen molar-refractivity contribution in [1.29, 1.82) is 0 Å². The summed E-state index contributed by atoms with van der Waals surface area (Å²) >= 11 is 0. The molecule has 194 valence electrons. The summed E-state index contributed by atoms with van der Waals surface area (Å²) in [5.41, 5.74) is 2.25. The van der Waals surface area contributed by atoms with Gasteiger partial charge >= 0.3 is 6.03 Å². The van der Waals surface area contributed by atoms with Crippen LogP contribution in [-0.2, 0) is 11.5 Å². The van der Waals surface area contributed by atoms with Crippen LogP contribution in [0.2, 0.25) is 25.7 Å². The number of amides is 4. The highest BCUT2D eigenvalue weighted by molar-refractivity contribution is 6.76. The second-order valence-corrected chi connectivity index (χ2v) is 16.5. The summed E-state index contributed by atoms with van der Waals surface area (Å²) in [6, 6.07) is 9.04. The molecule has 2 atom stereocenters. The number of hydrogen-bond donors (Lipinski definition) is 2. The molecule has 11 heteroatoms. The van der Waals surface area contributed by atoms with Crippen LogP contribution in [0.15, 0.2) is 42.7 Å². The molecule has 37 heavy (non-hydrogen) atoms.